The molecular weight excluding hydrogens is 144 g/mol. The molecule has 11 heavy (non-hydrogen) atoms. The van der Waals surface area contributed by atoms with Crippen LogP contribution in [0.5, 0.6) is 0 Å². The Kier molecular flexibility index (Phi) is 2.84. The van der Waals surface area contributed by atoms with Gasteiger partial charge in [-0.1, -0.05) is 0 Å². The van der Waals surface area contributed by atoms with Crippen molar-refractivity contribution in [3.63, 3.8) is 0 Å². The smallest absolute Gasteiger partial charge is 0.248 e. The van der Waals surface area contributed by atoms with Gasteiger partial charge in [0.25, 0.3) is 0 Å². The van der Waals surface area contributed by atoms with E-state index in [4.69, 9.17) is 5.11 Å². The lowest BCUT2D eigenvalue weighted by atomic mass is 10.2. The average molecular weight is 158 g/mol. The fourth-order valence-corrected chi connectivity index (χ4v) is 1.10. The summed E-state index contributed by atoms with van der Waals surface area (Å²) < 4.78 is 0. The molecule has 1 heterocycles. The molecule has 0 aromatic carbocycles. The molecule has 0 radical (unpaired) electrons. The summed E-state index contributed by atoms with van der Waals surface area (Å²) in [5.74, 6) is -0.279. The van der Waals surface area contributed by atoms with E-state index in [0.29, 0.717) is 0 Å². The summed E-state index contributed by atoms with van der Waals surface area (Å²) in [6.45, 7) is 3.24. The summed E-state index contributed by atoms with van der Waals surface area (Å²) in [4.78, 5) is 10.9. The van der Waals surface area contributed by atoms with Gasteiger partial charge in [-0.15, -0.1) is 0 Å². The Balaban J connectivity index is 2.24. The summed E-state index contributed by atoms with van der Waals surface area (Å²) in [5.41, 5.74) is 0. The maximum absolute atomic E-state index is 10.9. The maximum atomic E-state index is 10.9. The first-order valence-corrected chi connectivity index (χ1v) is 3.89. The Bertz CT molecular complexity index is 141. The highest BCUT2D eigenvalue weighted by Crippen LogP contribution is 1.97. The van der Waals surface area contributed by atoms with Crippen molar-refractivity contribution < 1.29 is 9.90 Å². The molecule has 4 heteroatoms. The molecule has 1 saturated heterocycles. The first kappa shape index (κ1) is 8.49. The zero-order valence-electron chi connectivity index (χ0n) is 6.63. The second-order valence-electron chi connectivity index (χ2n) is 2.87. The molecule has 2 atom stereocenters. The van der Waals surface area contributed by atoms with Crippen molar-refractivity contribution in [2.75, 3.05) is 13.1 Å². The molecule has 64 valence electrons. The van der Waals surface area contributed by atoms with Crippen LogP contribution >= 0.6 is 0 Å². The summed E-state index contributed by atoms with van der Waals surface area (Å²) >= 11 is 0. The van der Waals surface area contributed by atoms with Crippen molar-refractivity contribution >= 4 is 5.91 Å². The zero-order chi connectivity index (χ0) is 8.27. The fraction of sp³-hybridized carbons (Fsp3) is 0.857. The third-order valence-electron chi connectivity index (χ3n) is 1.79. The fourth-order valence-electron chi connectivity index (χ4n) is 1.10. The van der Waals surface area contributed by atoms with Gasteiger partial charge in [0, 0.05) is 12.6 Å². The van der Waals surface area contributed by atoms with Crippen molar-refractivity contribution in [3.05, 3.63) is 0 Å². The number of aliphatic hydroxyl groups excluding tert-OH is 1. The normalized spacial score (nSPS) is 26.5. The molecule has 0 aromatic rings. The van der Waals surface area contributed by atoms with Crippen LogP contribution in [-0.2, 0) is 4.79 Å². The Hall–Kier alpha value is -0.610. The van der Waals surface area contributed by atoms with Gasteiger partial charge in [-0.3, -0.25) is 4.79 Å². The lowest BCUT2D eigenvalue weighted by Crippen LogP contribution is -2.41. The number of hydrogen-bond acceptors (Lipinski definition) is 3. The molecule has 1 aliphatic rings. The van der Waals surface area contributed by atoms with Crippen molar-refractivity contribution in [2.24, 2.45) is 0 Å². The first-order valence-electron chi connectivity index (χ1n) is 3.89. The van der Waals surface area contributed by atoms with E-state index in [1.165, 1.54) is 6.92 Å². The van der Waals surface area contributed by atoms with Gasteiger partial charge in [0.05, 0.1) is 0 Å². The van der Waals surface area contributed by atoms with Crippen LogP contribution in [0, 0.1) is 0 Å². The standard InChI is InChI=1S/C7H14N2O2/c1-5(10)7(11)9-6-2-3-8-4-6/h5-6,8,10H,2-4H2,1H3,(H,9,11)/t5-,6?/m1/s1. The van der Waals surface area contributed by atoms with Gasteiger partial charge < -0.3 is 15.7 Å². The van der Waals surface area contributed by atoms with E-state index in [0.717, 1.165) is 19.5 Å². The van der Waals surface area contributed by atoms with Gasteiger partial charge in [0.2, 0.25) is 5.91 Å². The van der Waals surface area contributed by atoms with Gasteiger partial charge in [0.15, 0.2) is 0 Å². The third kappa shape index (κ3) is 2.48. The molecule has 0 bridgehead atoms. The molecule has 1 rings (SSSR count). The van der Waals surface area contributed by atoms with Gasteiger partial charge in [-0.25, -0.2) is 0 Å². The molecule has 1 aliphatic heterocycles. The number of rotatable bonds is 2. The number of hydrogen-bond donors (Lipinski definition) is 3. The Morgan fingerprint density at radius 1 is 1.82 bits per heavy atom. The lowest BCUT2D eigenvalue weighted by Gasteiger charge is -2.12. The monoisotopic (exact) mass is 158 g/mol. The van der Waals surface area contributed by atoms with E-state index in [1.807, 2.05) is 0 Å². The highest BCUT2D eigenvalue weighted by molar-refractivity contribution is 5.80. The largest absolute Gasteiger partial charge is 0.384 e. The van der Waals surface area contributed by atoms with Gasteiger partial charge in [-0.2, -0.15) is 0 Å². The van der Waals surface area contributed by atoms with Gasteiger partial charge in [0.1, 0.15) is 6.10 Å². The first-order chi connectivity index (χ1) is 5.20. The minimum absolute atomic E-state index is 0.206. The Morgan fingerprint density at radius 2 is 2.55 bits per heavy atom. The second-order valence-corrected chi connectivity index (χ2v) is 2.87. The predicted molar refractivity (Wildman–Crippen MR) is 41.1 cm³/mol. The highest BCUT2D eigenvalue weighted by Gasteiger charge is 2.18. The van der Waals surface area contributed by atoms with Crippen LogP contribution in [0.25, 0.3) is 0 Å². The topological polar surface area (TPSA) is 61.4 Å². The summed E-state index contributed by atoms with van der Waals surface area (Å²) in [6.07, 6.45) is 0.0638. The predicted octanol–water partition coefficient (Wildman–Crippen LogP) is -1.15. The van der Waals surface area contributed by atoms with Crippen molar-refractivity contribution in [1.29, 1.82) is 0 Å². The zero-order valence-corrected chi connectivity index (χ0v) is 6.63. The highest BCUT2D eigenvalue weighted by atomic mass is 16.3. The Labute approximate surface area is 66.0 Å². The number of nitrogens with one attached hydrogen (secondary N) is 2. The van der Waals surface area contributed by atoms with E-state index in [9.17, 15) is 4.79 Å². The number of carbonyl (C=O) groups is 1. The molecular formula is C7H14N2O2. The van der Waals surface area contributed by atoms with Crippen molar-refractivity contribution in [3.8, 4) is 0 Å². The van der Waals surface area contributed by atoms with Gasteiger partial charge >= 0.3 is 0 Å². The van der Waals surface area contributed by atoms with Crippen LogP contribution in [0.2, 0.25) is 0 Å². The van der Waals surface area contributed by atoms with Crippen molar-refractivity contribution in [1.82, 2.24) is 10.6 Å². The molecule has 1 fully saturated rings. The number of carbonyl (C=O) groups excluding carboxylic acids is 1. The molecule has 0 aliphatic carbocycles. The number of amides is 1. The minimum Gasteiger partial charge on any atom is -0.384 e. The van der Waals surface area contributed by atoms with E-state index in [-0.39, 0.29) is 11.9 Å². The molecule has 0 saturated carbocycles. The lowest BCUT2D eigenvalue weighted by molar-refractivity contribution is -0.129. The average Bonchev–Trinajstić information content (AvgIpc) is 2.39. The second kappa shape index (κ2) is 3.69. The minimum atomic E-state index is -0.893. The van der Waals surface area contributed by atoms with Crippen LogP contribution in [0.4, 0.5) is 0 Å². The summed E-state index contributed by atoms with van der Waals surface area (Å²) in [5, 5.41) is 14.7. The Morgan fingerprint density at radius 3 is 3.00 bits per heavy atom. The van der Waals surface area contributed by atoms with Crippen LogP contribution in [0.1, 0.15) is 13.3 Å². The summed E-state index contributed by atoms with van der Waals surface area (Å²) in [6, 6.07) is 0.206. The molecule has 0 spiro atoms. The quantitative estimate of drug-likeness (QED) is 0.475. The van der Waals surface area contributed by atoms with Gasteiger partial charge in [-0.05, 0) is 19.9 Å². The molecule has 4 nitrogen and oxygen atoms in total. The van der Waals surface area contributed by atoms with Crippen LogP contribution < -0.4 is 10.6 Å². The van der Waals surface area contributed by atoms with Crippen LogP contribution in [-0.4, -0.2) is 36.2 Å². The molecule has 1 amide bonds. The van der Waals surface area contributed by atoms with E-state index >= 15 is 0 Å². The van der Waals surface area contributed by atoms with Crippen molar-refractivity contribution in [2.45, 2.75) is 25.5 Å². The van der Waals surface area contributed by atoms with E-state index < -0.39 is 6.10 Å². The van der Waals surface area contributed by atoms with E-state index in [2.05, 4.69) is 10.6 Å². The molecule has 0 aromatic heterocycles. The maximum Gasteiger partial charge on any atom is 0.248 e. The third-order valence-corrected chi connectivity index (χ3v) is 1.79. The SMILES string of the molecule is C[C@@H](O)C(=O)NC1CCNC1. The van der Waals surface area contributed by atoms with E-state index in [1.54, 1.807) is 0 Å². The molecule has 1 unspecified atom stereocenters. The number of aliphatic hydroxyl groups is 1. The molecule has 3 N–H and O–H groups in total. The van der Waals surface area contributed by atoms with Crippen LogP contribution in [0.15, 0.2) is 0 Å². The van der Waals surface area contributed by atoms with Crippen LogP contribution in [0.3, 0.4) is 0 Å². The summed E-state index contributed by atoms with van der Waals surface area (Å²) in [7, 11) is 0.